The molecule has 246 valence electrons. The number of cyclic esters (lactones) is 1. The lowest BCUT2D eigenvalue weighted by Crippen LogP contribution is -2.42. The van der Waals surface area contributed by atoms with Crippen LogP contribution in [0.3, 0.4) is 0 Å². The summed E-state index contributed by atoms with van der Waals surface area (Å²) in [4.78, 5) is 30.1. The number of aromatic nitrogens is 1. The van der Waals surface area contributed by atoms with E-state index in [4.69, 9.17) is 28.1 Å². The molecule has 2 bridgehead atoms. The van der Waals surface area contributed by atoms with Crippen LogP contribution >= 0.6 is 0 Å². The zero-order valence-electron chi connectivity index (χ0n) is 27.3. The minimum Gasteiger partial charge on any atom is -0.462 e. The molecule has 0 spiro atoms. The Morgan fingerprint density at radius 1 is 1.16 bits per heavy atom. The van der Waals surface area contributed by atoms with Gasteiger partial charge in [0, 0.05) is 38.7 Å². The highest BCUT2D eigenvalue weighted by Gasteiger charge is 2.57. The molecule has 10 heteroatoms. The highest BCUT2D eigenvalue weighted by molar-refractivity contribution is 5.78. The maximum absolute atomic E-state index is 13.4. The summed E-state index contributed by atoms with van der Waals surface area (Å²) in [5.74, 6) is -0.316. The summed E-state index contributed by atoms with van der Waals surface area (Å²) >= 11 is 0. The molecule has 5 heterocycles. The maximum Gasteiger partial charge on any atom is 0.338 e. The van der Waals surface area contributed by atoms with Gasteiger partial charge in [-0.3, -0.25) is 4.79 Å². The second kappa shape index (κ2) is 13.7. The van der Waals surface area contributed by atoms with E-state index in [-0.39, 0.29) is 48.5 Å². The van der Waals surface area contributed by atoms with E-state index in [1.165, 1.54) is 0 Å². The number of carbonyl (C=O) groups is 2. The Morgan fingerprint density at radius 3 is 2.62 bits per heavy atom. The van der Waals surface area contributed by atoms with Gasteiger partial charge in [-0.15, -0.1) is 0 Å². The highest BCUT2D eigenvalue weighted by atomic mass is 16.6. The number of rotatable bonds is 7. The van der Waals surface area contributed by atoms with Gasteiger partial charge in [0.25, 0.3) is 0 Å². The topological polar surface area (TPSA) is 133 Å². The van der Waals surface area contributed by atoms with E-state index in [1.807, 2.05) is 71.1 Å². The molecule has 4 aliphatic heterocycles. The van der Waals surface area contributed by atoms with Crippen LogP contribution < -0.4 is 0 Å². The number of fused-ring (bicyclic) bond motifs is 4. The van der Waals surface area contributed by atoms with Gasteiger partial charge in [0.1, 0.15) is 35.9 Å². The van der Waals surface area contributed by atoms with Crippen LogP contribution in [-0.4, -0.2) is 77.5 Å². The van der Waals surface area contributed by atoms with Crippen LogP contribution in [0.15, 0.2) is 52.2 Å². The highest BCUT2D eigenvalue weighted by Crippen LogP contribution is 2.44. The van der Waals surface area contributed by atoms with E-state index in [2.05, 4.69) is 4.98 Å². The van der Waals surface area contributed by atoms with Crippen molar-refractivity contribution < 1.29 is 42.8 Å². The van der Waals surface area contributed by atoms with Gasteiger partial charge in [0.05, 0.1) is 18.3 Å². The lowest BCUT2D eigenvalue weighted by molar-refractivity contribution is -0.159. The zero-order valence-corrected chi connectivity index (χ0v) is 27.3. The average molecular weight is 626 g/mol. The number of aryl methyl sites for hydroxylation is 1. The predicted octanol–water partition coefficient (Wildman–Crippen LogP) is 5.05. The molecule has 11 atom stereocenters. The first-order valence-electron chi connectivity index (χ1n) is 16.0. The minimum atomic E-state index is -0.905. The average Bonchev–Trinajstić information content (AvgIpc) is 3.86. The van der Waals surface area contributed by atoms with Crippen LogP contribution in [0.25, 0.3) is 6.08 Å². The normalized spacial score (nSPS) is 37.3. The van der Waals surface area contributed by atoms with Gasteiger partial charge in [-0.25, -0.2) is 9.78 Å². The molecule has 4 aliphatic rings. The number of hydrogen-bond donors (Lipinski definition) is 1. The summed E-state index contributed by atoms with van der Waals surface area (Å²) in [6.45, 7) is 11.6. The monoisotopic (exact) mass is 625 g/mol. The number of carbonyl (C=O) groups excluding carboxylic acids is 2. The molecule has 1 aromatic heterocycles. The third-order valence-electron chi connectivity index (χ3n) is 9.63. The SMILES string of the molecule is CO[C@@H](C(C)=CC=CC(C)=Cc1coc(C)n1)[C@@H](C)[C@H]1C[C@H](O)[C@@]2(C)O[C@@H]2C=C[C@@H](C)[C@H]2C[C@@H](CC(=O)O2)C[C@H]2O[C@H]2C(=O)O1. The Bertz CT molecular complexity index is 1360. The fraction of sp³-hybridized carbons (Fsp3) is 0.629. The smallest absolute Gasteiger partial charge is 0.338 e. The van der Waals surface area contributed by atoms with Crippen molar-refractivity contribution in [3.05, 3.63) is 59.4 Å². The number of methoxy groups -OCH3 is 1. The summed E-state index contributed by atoms with van der Waals surface area (Å²) < 4.78 is 34.7. The van der Waals surface area contributed by atoms with Crippen LogP contribution in [-0.2, 0) is 33.3 Å². The third kappa shape index (κ3) is 8.03. The van der Waals surface area contributed by atoms with Crippen molar-refractivity contribution in [3.8, 4) is 0 Å². The van der Waals surface area contributed by atoms with Gasteiger partial charge in [-0.1, -0.05) is 44.2 Å². The number of aliphatic hydroxyl groups excluding tert-OH is 1. The van der Waals surface area contributed by atoms with Crippen molar-refractivity contribution in [2.75, 3.05) is 7.11 Å². The molecule has 45 heavy (non-hydrogen) atoms. The quantitative estimate of drug-likeness (QED) is 0.190. The Morgan fingerprint density at radius 2 is 1.91 bits per heavy atom. The standard InChI is InChI=1S/C35H47NO9/c1-19(13-25-18-41-23(5)36-25)9-8-10-21(3)32(40-7)22(4)27-17-29(37)35(6)30(45-35)12-11-20(2)26-14-24(16-31(38)42-26)15-28-33(43-28)34(39)44-27/h8-13,18,20,22,24,26-30,32-33,37H,14-17H2,1-7H3/t20-,22+,24-,26-,27-,28-,29+,30-,32+,33-,35-/m1/s1. The molecular formula is C35H47NO9. The van der Waals surface area contributed by atoms with E-state index in [1.54, 1.807) is 20.3 Å². The van der Waals surface area contributed by atoms with Crippen LogP contribution in [0.4, 0.5) is 0 Å². The minimum absolute atomic E-state index is 0.0130. The number of oxazole rings is 1. The summed E-state index contributed by atoms with van der Waals surface area (Å²) in [5, 5.41) is 11.4. The van der Waals surface area contributed by atoms with Gasteiger partial charge in [-0.05, 0) is 56.8 Å². The molecular weight excluding hydrogens is 578 g/mol. The molecule has 0 saturated carbocycles. The number of epoxide rings is 2. The molecule has 1 aromatic rings. The van der Waals surface area contributed by atoms with E-state index in [9.17, 15) is 14.7 Å². The number of ether oxygens (including phenoxy) is 5. The Labute approximate surface area is 265 Å². The number of nitrogens with zero attached hydrogens (tertiary/aromatic N) is 1. The molecule has 3 saturated heterocycles. The second-order valence-corrected chi connectivity index (χ2v) is 13.3. The molecule has 0 aliphatic carbocycles. The summed E-state index contributed by atoms with van der Waals surface area (Å²) in [5.41, 5.74) is 1.86. The number of aliphatic hydroxyl groups is 1. The van der Waals surface area contributed by atoms with Crippen molar-refractivity contribution in [2.24, 2.45) is 17.8 Å². The van der Waals surface area contributed by atoms with Gasteiger partial charge in [0.2, 0.25) is 0 Å². The Kier molecular flexibility index (Phi) is 10.2. The maximum atomic E-state index is 13.4. The summed E-state index contributed by atoms with van der Waals surface area (Å²) in [6.07, 6.45) is 11.7. The molecule has 0 radical (unpaired) electrons. The van der Waals surface area contributed by atoms with Crippen LogP contribution in [0.5, 0.6) is 0 Å². The van der Waals surface area contributed by atoms with Gasteiger partial charge < -0.3 is 33.2 Å². The first-order valence-corrected chi connectivity index (χ1v) is 16.0. The van der Waals surface area contributed by atoms with Gasteiger partial charge in [0.15, 0.2) is 12.0 Å². The van der Waals surface area contributed by atoms with E-state index in [0.717, 1.165) is 16.8 Å². The van der Waals surface area contributed by atoms with Crippen LogP contribution in [0, 0.1) is 24.7 Å². The zero-order chi connectivity index (χ0) is 32.5. The summed E-state index contributed by atoms with van der Waals surface area (Å²) in [7, 11) is 1.63. The second-order valence-electron chi connectivity index (χ2n) is 13.3. The van der Waals surface area contributed by atoms with E-state index in [0.29, 0.717) is 25.2 Å². The lowest BCUT2D eigenvalue weighted by Gasteiger charge is -2.33. The van der Waals surface area contributed by atoms with Crippen molar-refractivity contribution in [1.82, 2.24) is 4.98 Å². The molecule has 10 nitrogen and oxygen atoms in total. The first-order chi connectivity index (χ1) is 21.4. The fourth-order valence-corrected chi connectivity index (χ4v) is 6.64. The van der Waals surface area contributed by atoms with Crippen LogP contribution in [0.1, 0.15) is 71.9 Å². The van der Waals surface area contributed by atoms with E-state index < -0.39 is 36.0 Å². The number of allylic oxidation sites excluding steroid dienone is 4. The van der Waals surface area contributed by atoms with Crippen molar-refractivity contribution in [3.63, 3.8) is 0 Å². The van der Waals surface area contributed by atoms with Gasteiger partial charge in [-0.2, -0.15) is 0 Å². The fourth-order valence-electron chi connectivity index (χ4n) is 6.64. The van der Waals surface area contributed by atoms with Crippen molar-refractivity contribution >= 4 is 18.0 Å². The molecule has 0 unspecified atom stereocenters. The molecule has 1 N–H and O–H groups in total. The predicted molar refractivity (Wildman–Crippen MR) is 166 cm³/mol. The molecule has 0 aromatic carbocycles. The van der Waals surface area contributed by atoms with Crippen molar-refractivity contribution in [1.29, 1.82) is 0 Å². The molecule has 3 fully saturated rings. The lowest BCUT2D eigenvalue weighted by atomic mass is 9.84. The Hall–Kier alpha value is -3.05. The summed E-state index contributed by atoms with van der Waals surface area (Å²) in [6, 6.07) is 0. The number of esters is 2. The molecule has 5 rings (SSSR count). The van der Waals surface area contributed by atoms with Gasteiger partial charge >= 0.3 is 11.9 Å². The number of hydrogen-bond acceptors (Lipinski definition) is 10. The molecule has 0 amide bonds. The van der Waals surface area contributed by atoms with E-state index >= 15 is 0 Å². The third-order valence-corrected chi connectivity index (χ3v) is 9.63. The largest absolute Gasteiger partial charge is 0.462 e. The van der Waals surface area contributed by atoms with Crippen LogP contribution in [0.2, 0.25) is 0 Å². The first kappa shape index (κ1) is 33.3. The van der Waals surface area contributed by atoms with Crippen molar-refractivity contribution in [2.45, 2.75) is 116 Å². The Balaban J connectivity index is 1.33.